The molecule has 0 spiro atoms. The van der Waals surface area contributed by atoms with Crippen molar-refractivity contribution in [3.05, 3.63) is 24.3 Å². The van der Waals surface area contributed by atoms with Crippen LogP contribution in [0.25, 0.3) is 0 Å². The van der Waals surface area contributed by atoms with Crippen LogP contribution in [-0.2, 0) is 14.8 Å². The Bertz CT molecular complexity index is 634. The van der Waals surface area contributed by atoms with Gasteiger partial charge in [0.2, 0.25) is 15.9 Å². The average molecular weight is 315 g/mol. The van der Waals surface area contributed by atoms with Gasteiger partial charge in [-0.1, -0.05) is 26.8 Å². The first-order chi connectivity index (χ1) is 9.00. The van der Waals surface area contributed by atoms with Crippen molar-refractivity contribution >= 4 is 38.9 Å². The van der Waals surface area contributed by atoms with Gasteiger partial charge in [-0.15, -0.1) is 0 Å². The Labute approximate surface area is 123 Å². The van der Waals surface area contributed by atoms with E-state index in [9.17, 15) is 13.2 Å². The van der Waals surface area contributed by atoms with E-state index < -0.39 is 15.4 Å². The fourth-order valence-corrected chi connectivity index (χ4v) is 1.97. The Hall–Kier alpha value is -1.51. The van der Waals surface area contributed by atoms with Crippen LogP contribution in [0, 0.1) is 5.41 Å². The molecule has 1 aromatic rings. The Balaban J connectivity index is 2.80. The topological polar surface area (TPSA) is 101 Å². The molecule has 8 heteroatoms. The van der Waals surface area contributed by atoms with Crippen LogP contribution in [0.3, 0.4) is 0 Å². The molecule has 0 radical (unpaired) electrons. The van der Waals surface area contributed by atoms with Gasteiger partial charge in [-0.3, -0.25) is 4.79 Å². The Kier molecular flexibility index (Phi) is 4.85. The summed E-state index contributed by atoms with van der Waals surface area (Å²) >= 11 is 4.99. The second kappa shape index (κ2) is 5.86. The maximum atomic E-state index is 11.7. The van der Waals surface area contributed by atoms with E-state index in [0.717, 1.165) is 0 Å². The van der Waals surface area contributed by atoms with Crippen molar-refractivity contribution in [1.82, 2.24) is 5.32 Å². The first kappa shape index (κ1) is 16.5. The standard InChI is InChI=1S/C12H17N3O3S2/c1-12(2,3)10(16)15-11(19)14-8-5-4-6-9(7-8)20(13,17)18/h4-7H,1-3H3,(H2,13,17,18)(H2,14,15,16,19). The third kappa shape index (κ3) is 4.87. The number of amides is 1. The molecule has 0 aromatic heterocycles. The lowest BCUT2D eigenvalue weighted by Crippen LogP contribution is -2.41. The third-order valence-electron chi connectivity index (χ3n) is 2.33. The molecule has 0 atom stereocenters. The number of thiocarbonyl (C=S) groups is 1. The van der Waals surface area contributed by atoms with Crippen LogP contribution in [0.5, 0.6) is 0 Å². The summed E-state index contributed by atoms with van der Waals surface area (Å²) in [6, 6.07) is 5.85. The molecule has 0 aliphatic heterocycles. The lowest BCUT2D eigenvalue weighted by molar-refractivity contribution is -0.126. The molecular weight excluding hydrogens is 298 g/mol. The Morgan fingerprint density at radius 2 is 1.90 bits per heavy atom. The van der Waals surface area contributed by atoms with Crippen LogP contribution in [0.4, 0.5) is 5.69 Å². The molecule has 0 unspecified atom stereocenters. The minimum absolute atomic E-state index is 0.0348. The summed E-state index contributed by atoms with van der Waals surface area (Å²) in [5.41, 5.74) is -0.149. The molecule has 0 saturated heterocycles. The minimum Gasteiger partial charge on any atom is -0.332 e. The van der Waals surface area contributed by atoms with Crippen LogP contribution in [0.2, 0.25) is 0 Å². The first-order valence-corrected chi connectivity index (χ1v) is 7.71. The second-order valence-corrected chi connectivity index (χ2v) is 7.20. The molecule has 4 N–H and O–H groups in total. The highest BCUT2D eigenvalue weighted by Gasteiger charge is 2.22. The summed E-state index contributed by atoms with van der Waals surface area (Å²) in [6.07, 6.45) is 0. The van der Waals surface area contributed by atoms with E-state index in [-0.39, 0.29) is 15.9 Å². The normalized spacial score (nSPS) is 11.8. The van der Waals surface area contributed by atoms with Gasteiger partial charge in [0, 0.05) is 11.1 Å². The summed E-state index contributed by atoms with van der Waals surface area (Å²) in [6.45, 7) is 5.27. The van der Waals surface area contributed by atoms with E-state index >= 15 is 0 Å². The highest BCUT2D eigenvalue weighted by atomic mass is 32.2. The quantitative estimate of drug-likeness (QED) is 0.712. The van der Waals surface area contributed by atoms with Crippen LogP contribution < -0.4 is 15.8 Å². The molecule has 0 bridgehead atoms. The van der Waals surface area contributed by atoms with Gasteiger partial charge < -0.3 is 10.6 Å². The van der Waals surface area contributed by atoms with Gasteiger partial charge in [0.15, 0.2) is 5.11 Å². The van der Waals surface area contributed by atoms with Gasteiger partial charge in [0.05, 0.1) is 4.90 Å². The number of carbonyl (C=O) groups is 1. The van der Waals surface area contributed by atoms with Crippen LogP contribution in [0.15, 0.2) is 29.2 Å². The van der Waals surface area contributed by atoms with Crippen molar-refractivity contribution in [3.63, 3.8) is 0 Å². The predicted molar refractivity (Wildman–Crippen MR) is 81.6 cm³/mol. The van der Waals surface area contributed by atoms with E-state index in [0.29, 0.717) is 5.69 Å². The maximum absolute atomic E-state index is 11.7. The van der Waals surface area contributed by atoms with Crippen molar-refractivity contribution in [2.45, 2.75) is 25.7 Å². The van der Waals surface area contributed by atoms with Gasteiger partial charge >= 0.3 is 0 Å². The SMILES string of the molecule is CC(C)(C)C(=O)NC(=S)Nc1cccc(S(N)(=O)=O)c1. The van der Waals surface area contributed by atoms with Crippen LogP contribution >= 0.6 is 12.2 Å². The number of benzene rings is 1. The van der Waals surface area contributed by atoms with E-state index in [4.69, 9.17) is 17.4 Å². The molecule has 1 aromatic carbocycles. The molecule has 6 nitrogen and oxygen atoms in total. The van der Waals surface area contributed by atoms with Gasteiger partial charge in [0.25, 0.3) is 0 Å². The fourth-order valence-electron chi connectivity index (χ4n) is 1.20. The van der Waals surface area contributed by atoms with Crippen molar-refractivity contribution in [1.29, 1.82) is 0 Å². The maximum Gasteiger partial charge on any atom is 0.238 e. The van der Waals surface area contributed by atoms with Crippen molar-refractivity contribution in [3.8, 4) is 0 Å². The summed E-state index contributed by atoms with van der Waals surface area (Å²) in [4.78, 5) is 11.7. The lowest BCUT2D eigenvalue weighted by Gasteiger charge is -2.18. The number of nitrogens with two attached hydrogens (primary N) is 1. The zero-order valence-electron chi connectivity index (χ0n) is 11.4. The molecule has 1 rings (SSSR count). The molecule has 0 aliphatic rings. The van der Waals surface area contributed by atoms with Gasteiger partial charge in [-0.25, -0.2) is 13.6 Å². The van der Waals surface area contributed by atoms with E-state index in [1.54, 1.807) is 26.8 Å². The second-order valence-electron chi connectivity index (χ2n) is 5.23. The smallest absolute Gasteiger partial charge is 0.238 e. The predicted octanol–water partition coefficient (Wildman–Crippen LogP) is 1.19. The number of carbonyl (C=O) groups excluding carboxylic acids is 1. The molecule has 0 heterocycles. The van der Waals surface area contributed by atoms with Crippen LogP contribution in [-0.4, -0.2) is 19.4 Å². The van der Waals surface area contributed by atoms with Crippen molar-refractivity contribution < 1.29 is 13.2 Å². The zero-order chi connectivity index (χ0) is 15.6. The number of rotatable bonds is 2. The van der Waals surface area contributed by atoms with Crippen LogP contribution in [0.1, 0.15) is 20.8 Å². The Morgan fingerprint density at radius 3 is 2.40 bits per heavy atom. The van der Waals surface area contributed by atoms with Crippen molar-refractivity contribution in [2.24, 2.45) is 10.6 Å². The summed E-state index contributed by atoms with van der Waals surface area (Å²) < 4.78 is 22.5. The first-order valence-electron chi connectivity index (χ1n) is 5.75. The van der Waals surface area contributed by atoms with Gasteiger partial charge in [-0.2, -0.15) is 0 Å². The average Bonchev–Trinajstić information content (AvgIpc) is 2.26. The van der Waals surface area contributed by atoms with E-state index in [2.05, 4.69) is 10.6 Å². The summed E-state index contributed by atoms with van der Waals surface area (Å²) in [5.74, 6) is -0.238. The fraction of sp³-hybridized carbons (Fsp3) is 0.333. The molecular formula is C12H17N3O3S2. The van der Waals surface area contributed by atoms with Gasteiger partial charge in [0.1, 0.15) is 0 Å². The lowest BCUT2D eigenvalue weighted by atomic mass is 9.96. The number of hydrogen-bond acceptors (Lipinski definition) is 4. The number of hydrogen-bond donors (Lipinski definition) is 3. The molecule has 1 amide bonds. The molecule has 0 aliphatic carbocycles. The minimum atomic E-state index is -3.78. The number of primary sulfonamides is 1. The molecule has 0 saturated carbocycles. The van der Waals surface area contributed by atoms with E-state index in [1.165, 1.54) is 18.2 Å². The number of sulfonamides is 1. The zero-order valence-corrected chi connectivity index (χ0v) is 13.1. The number of anilines is 1. The highest BCUT2D eigenvalue weighted by molar-refractivity contribution is 7.89. The molecule has 110 valence electrons. The van der Waals surface area contributed by atoms with Gasteiger partial charge in [-0.05, 0) is 30.4 Å². The summed E-state index contributed by atoms with van der Waals surface area (Å²) in [7, 11) is -3.78. The Morgan fingerprint density at radius 1 is 1.30 bits per heavy atom. The molecule has 0 fully saturated rings. The number of nitrogens with one attached hydrogen (secondary N) is 2. The van der Waals surface area contributed by atoms with Crippen molar-refractivity contribution in [2.75, 3.05) is 5.32 Å². The highest BCUT2D eigenvalue weighted by Crippen LogP contribution is 2.15. The largest absolute Gasteiger partial charge is 0.332 e. The monoisotopic (exact) mass is 315 g/mol. The molecule has 20 heavy (non-hydrogen) atoms. The van der Waals surface area contributed by atoms with E-state index in [1.807, 2.05) is 0 Å². The third-order valence-corrected chi connectivity index (χ3v) is 3.44. The summed E-state index contributed by atoms with van der Waals surface area (Å²) in [5, 5.41) is 10.4.